The van der Waals surface area contributed by atoms with E-state index in [2.05, 4.69) is 20.3 Å². The third-order valence-electron chi connectivity index (χ3n) is 4.46. The minimum absolute atomic E-state index is 0.201. The van der Waals surface area contributed by atoms with E-state index in [1.807, 2.05) is 18.2 Å². The summed E-state index contributed by atoms with van der Waals surface area (Å²) in [5, 5.41) is 2.68. The normalized spacial score (nSPS) is 11.3. The number of anilines is 1. The van der Waals surface area contributed by atoms with Gasteiger partial charge >= 0.3 is 0 Å². The lowest BCUT2D eigenvalue weighted by Gasteiger charge is -2.09. The molecule has 32 heavy (non-hydrogen) atoms. The number of amides is 1. The molecule has 0 saturated carbocycles. The first-order chi connectivity index (χ1) is 15.6. The van der Waals surface area contributed by atoms with Gasteiger partial charge in [-0.1, -0.05) is 23.5 Å². The molecule has 0 bridgehead atoms. The summed E-state index contributed by atoms with van der Waals surface area (Å²) in [6.45, 7) is 0.578. The lowest BCUT2D eigenvalue weighted by atomic mass is 10.3. The quantitative estimate of drug-likeness (QED) is 0.491. The number of hydrogen-bond donors (Lipinski definition) is 1. The smallest absolute Gasteiger partial charge is 0.266 e. The first-order valence-corrected chi connectivity index (χ1v) is 10.5. The summed E-state index contributed by atoms with van der Waals surface area (Å²) in [5.74, 6) is -0.870. The van der Waals surface area contributed by atoms with Crippen molar-refractivity contribution in [1.82, 2.24) is 14.5 Å². The van der Waals surface area contributed by atoms with Crippen LogP contribution in [0.1, 0.15) is 20.8 Å². The number of benzene rings is 1. The fraction of sp³-hybridized carbons (Fsp3) is 0.0870. The molecule has 4 aromatic rings. The molecule has 0 radical (unpaired) electrons. The summed E-state index contributed by atoms with van der Waals surface area (Å²) in [7, 11) is 0. The van der Waals surface area contributed by atoms with Crippen molar-refractivity contribution in [3.63, 3.8) is 0 Å². The van der Waals surface area contributed by atoms with E-state index in [0.717, 1.165) is 22.5 Å². The number of pyridine rings is 2. The third-order valence-corrected chi connectivity index (χ3v) is 5.52. The fourth-order valence-corrected chi connectivity index (χ4v) is 3.79. The van der Waals surface area contributed by atoms with E-state index in [0.29, 0.717) is 17.0 Å². The van der Waals surface area contributed by atoms with Crippen molar-refractivity contribution >= 4 is 22.9 Å². The number of carbonyl (C=O) groups is 1. The molecule has 0 aliphatic rings. The van der Waals surface area contributed by atoms with E-state index in [1.54, 1.807) is 30.9 Å². The number of nitrogens with zero attached hydrogens (tertiary/aromatic N) is 4. The molecule has 0 spiro atoms. The van der Waals surface area contributed by atoms with Gasteiger partial charge in [0.05, 0.1) is 13.1 Å². The van der Waals surface area contributed by atoms with E-state index in [1.165, 1.54) is 34.9 Å². The van der Waals surface area contributed by atoms with Gasteiger partial charge in [-0.25, -0.2) is 4.39 Å². The van der Waals surface area contributed by atoms with Crippen molar-refractivity contribution in [2.24, 2.45) is 4.99 Å². The molecule has 3 aromatic heterocycles. The Balaban J connectivity index is 1.70. The highest BCUT2D eigenvalue weighted by atomic mass is 32.1. The fourth-order valence-electron chi connectivity index (χ4n) is 2.89. The van der Waals surface area contributed by atoms with E-state index >= 15 is 0 Å². The van der Waals surface area contributed by atoms with Crippen LogP contribution in [0.25, 0.3) is 0 Å². The molecule has 1 aromatic carbocycles. The van der Waals surface area contributed by atoms with E-state index in [9.17, 15) is 14.0 Å². The van der Waals surface area contributed by atoms with Gasteiger partial charge in [-0.2, -0.15) is 0 Å². The van der Waals surface area contributed by atoms with Gasteiger partial charge in [-0.05, 0) is 47.5 Å². The Kier molecular flexibility index (Phi) is 6.57. The number of nitrogens with one attached hydrogen (secondary N) is 1. The molecule has 9 heteroatoms. The summed E-state index contributed by atoms with van der Waals surface area (Å²) >= 11 is 1.10. The Hall–Kier alpha value is -3.98. The second-order valence-corrected chi connectivity index (χ2v) is 7.83. The van der Waals surface area contributed by atoms with Crippen LogP contribution < -0.4 is 15.7 Å². The van der Waals surface area contributed by atoms with Crippen molar-refractivity contribution in [2.45, 2.75) is 13.1 Å². The van der Waals surface area contributed by atoms with Crippen molar-refractivity contribution in [2.75, 3.05) is 5.32 Å². The van der Waals surface area contributed by atoms with Crippen LogP contribution in [0.5, 0.6) is 0 Å². The molecule has 0 aliphatic carbocycles. The van der Waals surface area contributed by atoms with Gasteiger partial charge in [0.2, 0.25) is 0 Å². The Labute approximate surface area is 186 Å². The third kappa shape index (κ3) is 5.38. The van der Waals surface area contributed by atoms with Gasteiger partial charge in [0.25, 0.3) is 11.5 Å². The number of halogens is 1. The lowest BCUT2D eigenvalue weighted by Crippen LogP contribution is -2.33. The predicted octanol–water partition coefficient (Wildman–Crippen LogP) is 3.24. The maximum absolute atomic E-state index is 13.1. The zero-order valence-electron chi connectivity index (χ0n) is 16.8. The number of rotatable bonds is 6. The molecule has 1 N–H and O–H groups in total. The van der Waals surface area contributed by atoms with Crippen LogP contribution in [0.2, 0.25) is 0 Å². The standard InChI is InChI=1S/C23H18FN5O2S/c24-18-5-7-19(8-6-18)28-22(31)20-11-21(30)29(15-17-4-2-10-26-13-17)23(32-20)27-14-16-3-1-9-25-12-16/h1-13H,14-15H2,(H,28,31). The molecule has 1 amide bonds. The van der Waals surface area contributed by atoms with Gasteiger partial charge in [0.15, 0.2) is 4.80 Å². The predicted molar refractivity (Wildman–Crippen MR) is 120 cm³/mol. The van der Waals surface area contributed by atoms with E-state index < -0.39 is 11.7 Å². The molecule has 0 atom stereocenters. The zero-order chi connectivity index (χ0) is 22.3. The largest absolute Gasteiger partial charge is 0.321 e. The van der Waals surface area contributed by atoms with Gasteiger partial charge in [-0.15, -0.1) is 0 Å². The second-order valence-electron chi connectivity index (χ2n) is 6.82. The SMILES string of the molecule is O=C(Nc1ccc(F)cc1)c1cc(=O)n(Cc2cccnc2)c(=NCc2cccnc2)s1. The van der Waals surface area contributed by atoms with Crippen molar-refractivity contribution in [1.29, 1.82) is 0 Å². The average molecular weight is 447 g/mol. The minimum atomic E-state index is -0.468. The zero-order valence-corrected chi connectivity index (χ0v) is 17.6. The molecule has 3 heterocycles. The lowest BCUT2D eigenvalue weighted by molar-refractivity contribution is 0.103. The highest BCUT2D eigenvalue weighted by Crippen LogP contribution is 2.11. The van der Waals surface area contributed by atoms with Crippen LogP contribution in [0.4, 0.5) is 10.1 Å². The Morgan fingerprint density at radius 2 is 1.72 bits per heavy atom. The highest BCUT2D eigenvalue weighted by molar-refractivity contribution is 7.11. The summed E-state index contributed by atoms with van der Waals surface area (Å²) in [5.41, 5.74) is 1.78. The molecule has 0 unspecified atom stereocenters. The average Bonchev–Trinajstić information content (AvgIpc) is 2.82. The topological polar surface area (TPSA) is 89.2 Å². The first kappa shape index (κ1) is 21.3. The molecule has 7 nitrogen and oxygen atoms in total. The summed E-state index contributed by atoms with van der Waals surface area (Å²) in [6.07, 6.45) is 6.70. The molecule has 0 fully saturated rings. The molecule has 4 rings (SSSR count). The molecule has 0 aliphatic heterocycles. The van der Waals surface area contributed by atoms with Gasteiger partial charge < -0.3 is 5.32 Å². The van der Waals surface area contributed by atoms with Crippen LogP contribution >= 0.6 is 11.3 Å². The van der Waals surface area contributed by atoms with Crippen molar-refractivity contribution in [3.8, 4) is 0 Å². The Morgan fingerprint density at radius 3 is 2.38 bits per heavy atom. The summed E-state index contributed by atoms with van der Waals surface area (Å²) in [6, 6.07) is 14.0. The summed E-state index contributed by atoms with van der Waals surface area (Å²) in [4.78, 5) is 39.0. The number of carbonyl (C=O) groups excluding carboxylic acids is 1. The van der Waals surface area contributed by atoms with Gasteiger partial charge in [-0.3, -0.25) is 29.1 Å². The van der Waals surface area contributed by atoms with E-state index in [4.69, 9.17) is 0 Å². The highest BCUT2D eigenvalue weighted by Gasteiger charge is 2.12. The molecular weight excluding hydrogens is 429 g/mol. The van der Waals surface area contributed by atoms with Crippen LogP contribution in [-0.4, -0.2) is 20.4 Å². The van der Waals surface area contributed by atoms with Crippen LogP contribution in [0.3, 0.4) is 0 Å². The summed E-state index contributed by atoms with van der Waals surface area (Å²) < 4.78 is 14.6. The van der Waals surface area contributed by atoms with Crippen LogP contribution in [-0.2, 0) is 13.1 Å². The maximum atomic E-state index is 13.1. The van der Waals surface area contributed by atoms with Gasteiger partial charge in [0.1, 0.15) is 10.7 Å². The monoisotopic (exact) mass is 447 g/mol. The Bertz CT molecular complexity index is 1340. The van der Waals surface area contributed by atoms with E-state index in [-0.39, 0.29) is 17.0 Å². The number of hydrogen-bond acceptors (Lipinski definition) is 6. The van der Waals surface area contributed by atoms with Crippen LogP contribution in [0, 0.1) is 5.82 Å². The van der Waals surface area contributed by atoms with Gasteiger partial charge in [0, 0.05) is 36.5 Å². The minimum Gasteiger partial charge on any atom is -0.321 e. The molecular formula is C23H18FN5O2S. The van der Waals surface area contributed by atoms with Crippen molar-refractivity contribution in [3.05, 3.63) is 116 Å². The van der Waals surface area contributed by atoms with Crippen molar-refractivity contribution < 1.29 is 9.18 Å². The number of aromatic nitrogens is 3. The maximum Gasteiger partial charge on any atom is 0.266 e. The first-order valence-electron chi connectivity index (χ1n) is 9.69. The van der Waals surface area contributed by atoms with Crippen LogP contribution in [0.15, 0.2) is 89.2 Å². The second kappa shape index (κ2) is 9.88. The Morgan fingerprint density at radius 1 is 1.03 bits per heavy atom. The molecule has 160 valence electrons. The molecule has 0 saturated heterocycles.